The first kappa shape index (κ1) is 76.9. The van der Waals surface area contributed by atoms with Gasteiger partial charge in [-0.2, -0.15) is 0 Å². The molecule has 0 radical (unpaired) electrons. The summed E-state index contributed by atoms with van der Waals surface area (Å²) in [5.41, 5.74) is 0. The number of nitrogens with one attached hydrogen (secondary N) is 1. The molecular formula is C6H15Ar11N. The van der Waals surface area contributed by atoms with Gasteiger partial charge in [0.15, 0.2) is 0 Å². The molecule has 0 atom stereocenters. The van der Waals surface area contributed by atoms with Crippen LogP contribution in [0.4, 0.5) is 0 Å². The van der Waals surface area contributed by atoms with Crippen LogP contribution in [0, 0.1) is 415 Å². The normalized spacial score (nSPS) is 4.33. The van der Waals surface area contributed by atoms with Crippen molar-refractivity contribution in [1.29, 1.82) is 0 Å². The van der Waals surface area contributed by atoms with Crippen molar-refractivity contribution < 1.29 is 415 Å². The average molecular weight is 541 g/mol. The van der Waals surface area contributed by atoms with Crippen LogP contribution >= 0.6 is 0 Å². The van der Waals surface area contributed by atoms with Gasteiger partial charge in [-0.25, -0.2) is 0 Å². The maximum absolute atomic E-state index is 3.31. The van der Waals surface area contributed by atoms with Crippen molar-refractivity contribution in [3.63, 3.8) is 0 Å². The standard InChI is InChI=1S/C6H15N.11Ar/c1-5(2)7-6(3)4;;;;;;;;;;;/h5-7H,1-4H3;;;;;;;;;;;. The third kappa shape index (κ3) is 78.0. The minimum absolute atomic E-state index is 0. The van der Waals surface area contributed by atoms with Crippen LogP contribution in [0.25, 0.3) is 0 Å². The number of hydrogen-bond donors (Lipinski definition) is 1. The Morgan fingerprint density at radius 1 is 0.389 bits per heavy atom. The molecule has 0 aliphatic carbocycles. The Bertz CT molecular complexity index is 50.8. The SMILES string of the molecule is CC(C)NC(C)C.[Ar].[Ar].[Ar].[Ar].[Ar].[Ar].[Ar].[Ar].[Ar].[Ar].[Ar]. The van der Waals surface area contributed by atoms with Crippen molar-refractivity contribution in [2.24, 2.45) is 0 Å². The quantitative estimate of drug-likeness (QED) is 0.559. The topological polar surface area (TPSA) is 12.0 Å². The molecule has 0 amide bonds. The third-order valence-corrected chi connectivity index (χ3v) is 0.667. The smallest absolute Gasteiger partial charge is 0.00127 e. The van der Waals surface area contributed by atoms with Crippen LogP contribution in [0.3, 0.4) is 0 Å². The molecule has 0 heterocycles. The Morgan fingerprint density at radius 3 is 0.500 bits per heavy atom. The minimum atomic E-state index is 0. The van der Waals surface area contributed by atoms with E-state index < -0.39 is 0 Å². The summed E-state index contributed by atoms with van der Waals surface area (Å²) in [6, 6.07) is 1.25. The minimum Gasteiger partial charge on any atom is -0.312 e. The van der Waals surface area contributed by atoms with Gasteiger partial charge in [-0.1, -0.05) is 27.7 Å². The monoisotopic (exact) mass is 541 g/mol. The van der Waals surface area contributed by atoms with Gasteiger partial charge in [0.1, 0.15) is 0 Å². The van der Waals surface area contributed by atoms with Gasteiger partial charge in [0.2, 0.25) is 0 Å². The van der Waals surface area contributed by atoms with Crippen LogP contribution in [0.1, 0.15) is 27.7 Å². The Hall–Kier alpha value is 13.8. The van der Waals surface area contributed by atoms with Crippen LogP contribution in [0.5, 0.6) is 0 Å². The van der Waals surface area contributed by atoms with E-state index in [1.807, 2.05) is 0 Å². The summed E-state index contributed by atoms with van der Waals surface area (Å²) in [6.07, 6.45) is 0. The van der Waals surface area contributed by atoms with E-state index in [1.54, 1.807) is 0 Å². The van der Waals surface area contributed by atoms with Crippen LogP contribution in [-0.4, -0.2) is 12.1 Å². The van der Waals surface area contributed by atoms with Crippen molar-refractivity contribution in [3.8, 4) is 0 Å². The number of rotatable bonds is 2. The van der Waals surface area contributed by atoms with E-state index in [0.29, 0.717) is 12.1 Å². The molecule has 0 spiro atoms. The summed E-state index contributed by atoms with van der Waals surface area (Å²) < 4.78 is 0. The molecule has 0 rings (SSSR count). The fraction of sp³-hybridized carbons (Fsp3) is 1.00. The molecule has 0 aliphatic rings. The Balaban J connectivity index is -0.00000000327. The maximum Gasteiger partial charge on any atom is 0.00127 e. The van der Waals surface area contributed by atoms with Crippen molar-refractivity contribution in [2.45, 2.75) is 39.8 Å². The zero-order chi connectivity index (χ0) is 5.86. The fourth-order valence-electron chi connectivity index (χ4n) is 0.667. The maximum atomic E-state index is 3.31. The molecule has 0 aliphatic heterocycles. The first-order valence-electron chi connectivity index (χ1n) is 2.89. The third-order valence-electron chi connectivity index (χ3n) is 0.667. The Morgan fingerprint density at radius 2 is 0.500 bits per heavy atom. The summed E-state index contributed by atoms with van der Waals surface area (Å²) in [5.74, 6) is 0. The fourth-order valence-corrected chi connectivity index (χ4v) is 0.667. The molecule has 1 N–H and O–H groups in total. The molecule has 12 heteroatoms. The Kier molecular flexibility index (Phi) is 270. The van der Waals surface area contributed by atoms with Crippen molar-refractivity contribution in [1.82, 2.24) is 5.32 Å². The zero-order valence-electron chi connectivity index (χ0n) is 9.54. The number of hydrogen-bond acceptors (Lipinski definition) is 1. The van der Waals surface area contributed by atoms with Gasteiger partial charge in [0.05, 0.1) is 0 Å². The van der Waals surface area contributed by atoms with E-state index in [-0.39, 0.29) is 415 Å². The van der Waals surface area contributed by atoms with E-state index >= 15 is 0 Å². The van der Waals surface area contributed by atoms with E-state index in [1.165, 1.54) is 0 Å². The van der Waals surface area contributed by atoms with Gasteiger partial charge in [-0.3, -0.25) is 0 Å². The van der Waals surface area contributed by atoms with E-state index in [0.717, 1.165) is 0 Å². The molecular weight excluding hydrogens is 526 g/mol. The molecule has 0 aromatic carbocycles. The van der Waals surface area contributed by atoms with E-state index in [4.69, 9.17) is 0 Å². The molecule has 0 unspecified atom stereocenters. The molecule has 0 bridgehead atoms. The predicted molar refractivity (Wildman–Crippen MR) is 33.4 cm³/mol. The molecule has 0 aromatic rings. The van der Waals surface area contributed by atoms with Gasteiger partial charge in [0.25, 0.3) is 0 Å². The van der Waals surface area contributed by atoms with Crippen molar-refractivity contribution in [2.75, 3.05) is 0 Å². The summed E-state index contributed by atoms with van der Waals surface area (Å²) in [5, 5.41) is 3.31. The van der Waals surface area contributed by atoms with Crippen LogP contribution in [0.15, 0.2) is 0 Å². The van der Waals surface area contributed by atoms with Crippen LogP contribution in [0.2, 0.25) is 0 Å². The molecule has 132 valence electrons. The summed E-state index contributed by atoms with van der Waals surface area (Å²) in [6.45, 7) is 8.61. The van der Waals surface area contributed by atoms with E-state index in [2.05, 4.69) is 33.0 Å². The average Bonchev–Trinajstić information content (AvgIpc) is 1.27. The first-order valence-corrected chi connectivity index (χ1v) is 2.89. The second-order valence-corrected chi connectivity index (χ2v) is 2.48. The molecule has 0 saturated carbocycles. The van der Waals surface area contributed by atoms with Gasteiger partial charge < -0.3 is 5.32 Å². The van der Waals surface area contributed by atoms with Crippen molar-refractivity contribution >= 4 is 0 Å². The van der Waals surface area contributed by atoms with E-state index in [9.17, 15) is 0 Å². The predicted octanol–water partition coefficient (Wildman–Crippen LogP) is 1.39. The Labute approximate surface area is 443 Å². The molecule has 0 aromatic heterocycles. The largest absolute Gasteiger partial charge is 0.312 e. The van der Waals surface area contributed by atoms with Crippen molar-refractivity contribution in [3.05, 3.63) is 0 Å². The second-order valence-electron chi connectivity index (χ2n) is 2.48. The van der Waals surface area contributed by atoms with Crippen LogP contribution in [-0.2, 0) is 0 Å². The molecule has 0 fully saturated rings. The summed E-state index contributed by atoms with van der Waals surface area (Å²) in [4.78, 5) is 0. The van der Waals surface area contributed by atoms with Gasteiger partial charge in [0, 0.05) is 427 Å². The second kappa shape index (κ2) is 63.2. The van der Waals surface area contributed by atoms with Gasteiger partial charge >= 0.3 is 0 Å². The summed E-state index contributed by atoms with van der Waals surface area (Å²) >= 11 is 0. The van der Waals surface area contributed by atoms with Gasteiger partial charge in [-0.15, -0.1) is 0 Å². The summed E-state index contributed by atoms with van der Waals surface area (Å²) in [7, 11) is 0. The molecule has 18 heavy (non-hydrogen) atoms. The molecule has 0 saturated heterocycles. The molecule has 1 nitrogen and oxygen atoms in total. The first-order chi connectivity index (χ1) is 3.13. The van der Waals surface area contributed by atoms with Crippen LogP contribution < -0.4 is 5.32 Å². The van der Waals surface area contributed by atoms with Gasteiger partial charge in [-0.05, 0) is 0 Å². The zero-order valence-corrected chi connectivity index (χ0v) is 17.3.